The third-order valence-corrected chi connectivity index (χ3v) is 2.88. The second-order valence-corrected chi connectivity index (χ2v) is 3.68. The second-order valence-electron chi connectivity index (χ2n) is 3.68. The van der Waals surface area contributed by atoms with Gasteiger partial charge in [-0.05, 0) is 18.8 Å². The Kier molecular flexibility index (Phi) is 4.16. The molecule has 0 aromatic rings. The number of rotatable bonds is 1. The van der Waals surface area contributed by atoms with E-state index >= 15 is 0 Å². The summed E-state index contributed by atoms with van der Waals surface area (Å²) in [5, 5.41) is 3.26. The third kappa shape index (κ3) is 2.19. The molecule has 3 atom stereocenters. The molecule has 0 radical (unpaired) electrons. The van der Waals surface area contributed by atoms with Gasteiger partial charge in [0.15, 0.2) is 6.10 Å². The molecule has 0 spiro atoms. The van der Waals surface area contributed by atoms with Crippen LogP contribution in [0.2, 0.25) is 0 Å². The number of hydrogen-bond donors (Lipinski definition) is 1. The molecule has 82 valence electrons. The molecule has 2 rings (SSSR count). The number of carbonyl (C=O) groups excluding carboxylic acids is 1. The summed E-state index contributed by atoms with van der Waals surface area (Å²) in [5.74, 6) is 0.367. The zero-order valence-electron chi connectivity index (χ0n) is 8.19. The van der Waals surface area contributed by atoms with E-state index in [0.29, 0.717) is 5.92 Å². The van der Waals surface area contributed by atoms with Crippen LogP contribution in [-0.2, 0) is 14.3 Å². The summed E-state index contributed by atoms with van der Waals surface area (Å²) in [6, 6.07) is 0. The van der Waals surface area contributed by atoms with Crippen molar-refractivity contribution in [2.45, 2.75) is 25.0 Å². The lowest BCUT2D eigenvalue weighted by Gasteiger charge is -2.29. The van der Waals surface area contributed by atoms with Gasteiger partial charge in [0.1, 0.15) is 0 Å². The number of methoxy groups -OCH3 is 1. The fourth-order valence-electron chi connectivity index (χ4n) is 2.11. The van der Waals surface area contributed by atoms with Crippen molar-refractivity contribution in [1.82, 2.24) is 5.32 Å². The van der Waals surface area contributed by atoms with E-state index in [-0.39, 0.29) is 30.6 Å². The van der Waals surface area contributed by atoms with Crippen molar-refractivity contribution < 1.29 is 14.3 Å². The molecular formula is C9H16ClNO3. The fourth-order valence-corrected chi connectivity index (χ4v) is 2.11. The van der Waals surface area contributed by atoms with E-state index in [0.717, 1.165) is 25.9 Å². The third-order valence-electron chi connectivity index (χ3n) is 2.88. The maximum atomic E-state index is 11.2. The first-order valence-corrected chi connectivity index (χ1v) is 4.75. The van der Waals surface area contributed by atoms with Gasteiger partial charge in [0.2, 0.25) is 0 Å². The number of nitrogens with one attached hydrogen (secondary N) is 1. The van der Waals surface area contributed by atoms with Crippen LogP contribution in [0.25, 0.3) is 0 Å². The van der Waals surface area contributed by atoms with Crippen LogP contribution in [0.5, 0.6) is 0 Å². The van der Waals surface area contributed by atoms with Crippen LogP contribution in [-0.4, -0.2) is 38.4 Å². The first-order valence-electron chi connectivity index (χ1n) is 4.75. The van der Waals surface area contributed by atoms with Crippen molar-refractivity contribution in [3.05, 3.63) is 0 Å². The van der Waals surface area contributed by atoms with Crippen molar-refractivity contribution in [2.75, 3.05) is 20.2 Å². The molecule has 0 aromatic heterocycles. The SMILES string of the molecule is COC(=O)C1CCC2CNCC2O1.Cl. The Labute approximate surface area is 89.7 Å². The molecule has 4 nitrogen and oxygen atoms in total. The van der Waals surface area contributed by atoms with Gasteiger partial charge >= 0.3 is 5.97 Å². The summed E-state index contributed by atoms with van der Waals surface area (Å²) in [5.41, 5.74) is 0. The molecule has 14 heavy (non-hydrogen) atoms. The molecule has 2 aliphatic heterocycles. The van der Waals surface area contributed by atoms with Gasteiger partial charge in [-0.3, -0.25) is 0 Å². The van der Waals surface area contributed by atoms with Crippen molar-refractivity contribution >= 4 is 18.4 Å². The van der Waals surface area contributed by atoms with E-state index < -0.39 is 0 Å². The molecule has 0 bridgehead atoms. The summed E-state index contributed by atoms with van der Waals surface area (Å²) >= 11 is 0. The lowest BCUT2D eigenvalue weighted by molar-refractivity contribution is -0.164. The van der Waals surface area contributed by atoms with Crippen molar-refractivity contribution in [2.24, 2.45) is 5.92 Å². The topological polar surface area (TPSA) is 47.6 Å². The van der Waals surface area contributed by atoms with Gasteiger partial charge < -0.3 is 14.8 Å². The lowest BCUT2D eigenvalue weighted by atomic mass is 9.94. The maximum absolute atomic E-state index is 11.2. The standard InChI is InChI=1S/C9H15NO3.ClH/c1-12-9(11)7-3-2-6-4-10-5-8(6)13-7;/h6-8,10H,2-5H2,1H3;1H. The normalized spacial score (nSPS) is 35.6. The molecule has 0 saturated carbocycles. The summed E-state index contributed by atoms with van der Waals surface area (Å²) < 4.78 is 10.3. The van der Waals surface area contributed by atoms with Crippen LogP contribution in [0, 0.1) is 5.92 Å². The monoisotopic (exact) mass is 221 g/mol. The van der Waals surface area contributed by atoms with Gasteiger partial charge in [0.05, 0.1) is 13.2 Å². The predicted octanol–water partition coefficient (Wildman–Crippen LogP) is 0.348. The van der Waals surface area contributed by atoms with E-state index in [1.54, 1.807) is 0 Å². The highest BCUT2D eigenvalue weighted by atomic mass is 35.5. The van der Waals surface area contributed by atoms with E-state index in [2.05, 4.69) is 10.1 Å². The first-order chi connectivity index (χ1) is 6.31. The van der Waals surface area contributed by atoms with Crippen molar-refractivity contribution in [3.8, 4) is 0 Å². The second kappa shape index (κ2) is 4.96. The quantitative estimate of drug-likeness (QED) is 0.650. The Hall–Kier alpha value is -0.320. The van der Waals surface area contributed by atoms with Crippen LogP contribution in [0.1, 0.15) is 12.8 Å². The zero-order valence-corrected chi connectivity index (χ0v) is 9.01. The molecule has 0 amide bonds. The van der Waals surface area contributed by atoms with Gasteiger partial charge in [0, 0.05) is 13.1 Å². The van der Waals surface area contributed by atoms with Crippen LogP contribution >= 0.6 is 12.4 Å². The minimum absolute atomic E-state index is 0. The Morgan fingerprint density at radius 3 is 2.93 bits per heavy atom. The minimum Gasteiger partial charge on any atom is -0.467 e. The Morgan fingerprint density at radius 2 is 2.21 bits per heavy atom. The van der Waals surface area contributed by atoms with Gasteiger partial charge in [0.25, 0.3) is 0 Å². The number of ether oxygens (including phenoxy) is 2. The molecule has 2 saturated heterocycles. The molecule has 5 heteroatoms. The largest absolute Gasteiger partial charge is 0.467 e. The molecule has 3 unspecified atom stereocenters. The van der Waals surface area contributed by atoms with Gasteiger partial charge in [-0.25, -0.2) is 4.79 Å². The molecule has 1 N–H and O–H groups in total. The van der Waals surface area contributed by atoms with Crippen LogP contribution in [0.15, 0.2) is 0 Å². The van der Waals surface area contributed by atoms with E-state index in [1.165, 1.54) is 7.11 Å². The van der Waals surface area contributed by atoms with Crippen LogP contribution < -0.4 is 5.32 Å². The minimum atomic E-state index is -0.328. The number of fused-ring (bicyclic) bond motifs is 1. The van der Waals surface area contributed by atoms with Gasteiger partial charge in [-0.15, -0.1) is 12.4 Å². The molecular weight excluding hydrogens is 206 g/mol. The average molecular weight is 222 g/mol. The van der Waals surface area contributed by atoms with Crippen molar-refractivity contribution in [1.29, 1.82) is 0 Å². The summed E-state index contributed by atoms with van der Waals surface area (Å²) in [6.45, 7) is 1.90. The van der Waals surface area contributed by atoms with Crippen molar-refractivity contribution in [3.63, 3.8) is 0 Å². The summed E-state index contributed by atoms with van der Waals surface area (Å²) in [6.07, 6.45) is 1.76. The van der Waals surface area contributed by atoms with E-state index in [1.807, 2.05) is 0 Å². The maximum Gasteiger partial charge on any atom is 0.334 e. The van der Waals surface area contributed by atoms with Crippen LogP contribution in [0.4, 0.5) is 0 Å². The zero-order chi connectivity index (χ0) is 9.26. The Morgan fingerprint density at radius 1 is 1.43 bits per heavy atom. The highest BCUT2D eigenvalue weighted by Gasteiger charge is 2.37. The van der Waals surface area contributed by atoms with Gasteiger partial charge in [-0.2, -0.15) is 0 Å². The highest BCUT2D eigenvalue weighted by Crippen LogP contribution is 2.27. The fraction of sp³-hybridized carbons (Fsp3) is 0.889. The molecule has 2 aliphatic rings. The highest BCUT2D eigenvalue weighted by molar-refractivity contribution is 5.85. The van der Waals surface area contributed by atoms with Gasteiger partial charge in [-0.1, -0.05) is 0 Å². The summed E-state index contributed by atoms with van der Waals surface area (Å²) in [7, 11) is 1.41. The van der Waals surface area contributed by atoms with E-state index in [4.69, 9.17) is 4.74 Å². The first kappa shape index (κ1) is 11.8. The molecule has 2 fully saturated rings. The molecule has 0 aromatic carbocycles. The van der Waals surface area contributed by atoms with Crippen LogP contribution in [0.3, 0.4) is 0 Å². The van der Waals surface area contributed by atoms with E-state index in [9.17, 15) is 4.79 Å². The summed E-state index contributed by atoms with van der Waals surface area (Å²) in [4.78, 5) is 11.2. The number of halogens is 1. The molecule has 2 heterocycles. The number of carbonyl (C=O) groups is 1. The Balaban J connectivity index is 0.000000980. The lowest BCUT2D eigenvalue weighted by Crippen LogP contribution is -2.39. The number of esters is 1. The number of hydrogen-bond acceptors (Lipinski definition) is 4. The smallest absolute Gasteiger partial charge is 0.334 e. The predicted molar refractivity (Wildman–Crippen MR) is 53.5 cm³/mol. The Bertz CT molecular complexity index is 212. The molecule has 0 aliphatic carbocycles. The average Bonchev–Trinajstić information content (AvgIpc) is 2.63.